The van der Waals surface area contributed by atoms with Crippen LogP contribution in [0.4, 0.5) is 0 Å². The van der Waals surface area contributed by atoms with Gasteiger partial charge in [0, 0.05) is 37.2 Å². The highest BCUT2D eigenvalue weighted by Gasteiger charge is 2.22. The van der Waals surface area contributed by atoms with Crippen molar-refractivity contribution in [3.8, 4) is 11.6 Å². The molecule has 1 aromatic carbocycles. The Morgan fingerprint density at radius 2 is 2.03 bits per heavy atom. The molecule has 2 N–H and O–H groups in total. The van der Waals surface area contributed by atoms with Gasteiger partial charge >= 0.3 is 0 Å². The Labute approximate surface area is 183 Å². The van der Waals surface area contributed by atoms with Gasteiger partial charge in [-0.2, -0.15) is 0 Å². The molecule has 3 aromatic rings. The number of benzene rings is 1. The summed E-state index contributed by atoms with van der Waals surface area (Å²) >= 11 is 0. The van der Waals surface area contributed by atoms with Crippen molar-refractivity contribution in [2.75, 3.05) is 13.2 Å². The molecular formula is C24H30N6O. The lowest BCUT2D eigenvalue weighted by atomic mass is 10.2. The molecule has 31 heavy (non-hydrogen) atoms. The van der Waals surface area contributed by atoms with Gasteiger partial charge in [0.25, 0.3) is 0 Å². The Morgan fingerprint density at radius 3 is 2.74 bits per heavy atom. The predicted octanol–water partition coefficient (Wildman–Crippen LogP) is 3.62. The van der Waals surface area contributed by atoms with E-state index in [1.165, 1.54) is 12.8 Å². The van der Waals surface area contributed by atoms with Crippen molar-refractivity contribution >= 4 is 5.96 Å². The van der Waals surface area contributed by atoms with Gasteiger partial charge in [-0.15, -0.1) is 0 Å². The number of guanidine groups is 1. The zero-order chi connectivity index (χ0) is 21.5. The molecule has 4 rings (SSSR count). The van der Waals surface area contributed by atoms with Crippen LogP contribution >= 0.6 is 0 Å². The molecular weight excluding hydrogens is 388 g/mol. The molecule has 0 aliphatic heterocycles. The SMILES string of the molecule is CCNC(=NCc1ccc(-n2ccnc2C)nc1)NCc1ccccc1OCC1CC1. The average molecular weight is 419 g/mol. The fourth-order valence-electron chi connectivity index (χ4n) is 3.25. The van der Waals surface area contributed by atoms with E-state index < -0.39 is 0 Å². The predicted molar refractivity (Wildman–Crippen MR) is 122 cm³/mol. The van der Waals surface area contributed by atoms with Crippen molar-refractivity contribution in [1.82, 2.24) is 25.2 Å². The maximum Gasteiger partial charge on any atom is 0.191 e. The highest BCUT2D eigenvalue weighted by atomic mass is 16.5. The van der Waals surface area contributed by atoms with Crippen LogP contribution in [0.5, 0.6) is 5.75 Å². The fraction of sp³-hybridized carbons (Fsp3) is 0.375. The second-order valence-corrected chi connectivity index (χ2v) is 7.78. The Balaban J connectivity index is 1.37. The topological polar surface area (TPSA) is 76.4 Å². The molecule has 162 valence electrons. The lowest BCUT2D eigenvalue weighted by molar-refractivity contribution is 0.296. The smallest absolute Gasteiger partial charge is 0.191 e. The highest BCUT2D eigenvalue weighted by Crippen LogP contribution is 2.30. The molecule has 1 fully saturated rings. The Kier molecular flexibility index (Phi) is 6.82. The van der Waals surface area contributed by atoms with E-state index in [4.69, 9.17) is 9.73 Å². The molecule has 0 radical (unpaired) electrons. The Bertz CT molecular complexity index is 1010. The summed E-state index contributed by atoms with van der Waals surface area (Å²) in [5.41, 5.74) is 2.18. The summed E-state index contributed by atoms with van der Waals surface area (Å²) in [6.45, 7) is 6.84. The number of rotatable bonds is 9. The van der Waals surface area contributed by atoms with Crippen LogP contribution in [-0.2, 0) is 13.1 Å². The minimum absolute atomic E-state index is 0.547. The Morgan fingerprint density at radius 1 is 1.16 bits per heavy atom. The first kappa shape index (κ1) is 20.9. The van der Waals surface area contributed by atoms with Crippen molar-refractivity contribution in [2.45, 2.75) is 39.8 Å². The number of nitrogens with zero attached hydrogens (tertiary/aromatic N) is 4. The lowest BCUT2D eigenvalue weighted by Gasteiger charge is -2.14. The van der Waals surface area contributed by atoms with Crippen LogP contribution in [0.15, 0.2) is 60.0 Å². The number of aliphatic imine (C=N–C) groups is 1. The summed E-state index contributed by atoms with van der Waals surface area (Å²) in [6.07, 6.45) is 8.13. The summed E-state index contributed by atoms with van der Waals surface area (Å²) in [7, 11) is 0. The summed E-state index contributed by atoms with van der Waals surface area (Å²) in [4.78, 5) is 13.5. The molecule has 7 nitrogen and oxygen atoms in total. The second-order valence-electron chi connectivity index (χ2n) is 7.78. The van der Waals surface area contributed by atoms with Gasteiger partial charge in [-0.1, -0.05) is 24.3 Å². The van der Waals surface area contributed by atoms with Gasteiger partial charge in [-0.25, -0.2) is 15.0 Å². The molecule has 2 aromatic heterocycles. The van der Waals surface area contributed by atoms with Crippen LogP contribution in [0.1, 0.15) is 36.7 Å². The first-order valence-electron chi connectivity index (χ1n) is 10.9. The van der Waals surface area contributed by atoms with Crippen molar-refractivity contribution in [3.63, 3.8) is 0 Å². The van der Waals surface area contributed by atoms with Gasteiger partial charge < -0.3 is 15.4 Å². The molecule has 0 unspecified atom stereocenters. The quantitative estimate of drug-likeness (QED) is 0.410. The van der Waals surface area contributed by atoms with E-state index in [0.29, 0.717) is 13.1 Å². The maximum absolute atomic E-state index is 6.02. The monoisotopic (exact) mass is 418 g/mol. The molecule has 0 amide bonds. The molecule has 0 saturated heterocycles. The van der Waals surface area contributed by atoms with E-state index in [-0.39, 0.29) is 0 Å². The van der Waals surface area contributed by atoms with E-state index in [1.54, 1.807) is 6.20 Å². The minimum atomic E-state index is 0.547. The molecule has 1 aliphatic carbocycles. The molecule has 2 heterocycles. The van der Waals surface area contributed by atoms with Crippen LogP contribution < -0.4 is 15.4 Å². The highest BCUT2D eigenvalue weighted by molar-refractivity contribution is 5.79. The molecule has 1 saturated carbocycles. The van der Waals surface area contributed by atoms with Gasteiger partial charge in [-0.05, 0) is 50.3 Å². The number of aryl methyl sites for hydroxylation is 1. The van der Waals surface area contributed by atoms with Gasteiger partial charge in [0.15, 0.2) is 5.96 Å². The third-order valence-corrected chi connectivity index (χ3v) is 5.24. The molecule has 0 bridgehead atoms. The first-order chi connectivity index (χ1) is 15.2. The normalized spacial score (nSPS) is 13.8. The summed E-state index contributed by atoms with van der Waals surface area (Å²) in [5.74, 6) is 4.23. The average Bonchev–Trinajstić information content (AvgIpc) is 3.53. The number of hydrogen-bond acceptors (Lipinski definition) is 4. The van der Waals surface area contributed by atoms with E-state index in [9.17, 15) is 0 Å². The van der Waals surface area contributed by atoms with Crippen LogP contribution in [0, 0.1) is 12.8 Å². The van der Waals surface area contributed by atoms with Gasteiger partial charge in [0.2, 0.25) is 0 Å². The lowest BCUT2D eigenvalue weighted by Crippen LogP contribution is -2.36. The third kappa shape index (κ3) is 5.84. The summed E-state index contributed by atoms with van der Waals surface area (Å²) in [6, 6.07) is 12.2. The number of hydrogen-bond donors (Lipinski definition) is 2. The number of ether oxygens (including phenoxy) is 1. The van der Waals surface area contributed by atoms with E-state index >= 15 is 0 Å². The summed E-state index contributed by atoms with van der Waals surface area (Å²) in [5, 5.41) is 6.73. The van der Waals surface area contributed by atoms with Crippen molar-refractivity contribution in [2.24, 2.45) is 10.9 Å². The zero-order valence-electron chi connectivity index (χ0n) is 18.2. The van der Waals surface area contributed by atoms with E-state index in [0.717, 1.165) is 53.5 Å². The molecule has 0 atom stereocenters. The van der Waals surface area contributed by atoms with Crippen LogP contribution in [0.3, 0.4) is 0 Å². The first-order valence-corrected chi connectivity index (χ1v) is 10.9. The third-order valence-electron chi connectivity index (χ3n) is 5.24. The van der Waals surface area contributed by atoms with Gasteiger partial charge in [-0.3, -0.25) is 4.57 Å². The fourth-order valence-corrected chi connectivity index (χ4v) is 3.25. The molecule has 0 spiro atoms. The Hall–Kier alpha value is -3.35. The van der Waals surface area contributed by atoms with E-state index in [2.05, 4.69) is 39.7 Å². The minimum Gasteiger partial charge on any atom is -0.493 e. The standard InChI is InChI=1S/C24H30N6O/c1-3-25-24(29-16-21-6-4-5-7-22(21)31-17-19-8-9-19)28-15-20-10-11-23(27-14-20)30-13-12-26-18(30)2/h4-7,10-14,19H,3,8-9,15-17H2,1-2H3,(H2,25,28,29). The van der Waals surface area contributed by atoms with Gasteiger partial charge in [0.05, 0.1) is 13.2 Å². The summed E-state index contributed by atoms with van der Waals surface area (Å²) < 4.78 is 7.98. The van der Waals surface area contributed by atoms with E-state index in [1.807, 2.05) is 48.1 Å². The van der Waals surface area contributed by atoms with Crippen LogP contribution in [0.25, 0.3) is 5.82 Å². The van der Waals surface area contributed by atoms with Gasteiger partial charge in [0.1, 0.15) is 17.4 Å². The molecule has 1 aliphatic rings. The maximum atomic E-state index is 6.02. The number of aromatic nitrogens is 3. The van der Waals surface area contributed by atoms with Crippen LogP contribution in [-0.4, -0.2) is 33.6 Å². The largest absolute Gasteiger partial charge is 0.493 e. The van der Waals surface area contributed by atoms with Crippen molar-refractivity contribution in [1.29, 1.82) is 0 Å². The number of imidazole rings is 1. The van der Waals surface area contributed by atoms with Crippen LogP contribution in [0.2, 0.25) is 0 Å². The molecule has 7 heteroatoms. The van der Waals surface area contributed by atoms with Crippen molar-refractivity contribution < 1.29 is 4.74 Å². The number of pyridine rings is 1. The number of para-hydroxylation sites is 1. The second kappa shape index (κ2) is 10.1. The number of nitrogens with one attached hydrogen (secondary N) is 2. The zero-order valence-corrected chi connectivity index (χ0v) is 18.2. The van der Waals surface area contributed by atoms with Crippen molar-refractivity contribution in [3.05, 3.63) is 71.9 Å².